The third kappa shape index (κ3) is 4.90. The number of hydrazine groups is 1. The van der Waals surface area contributed by atoms with Crippen LogP contribution in [0.25, 0.3) is 11.4 Å². The molecule has 9 nitrogen and oxygen atoms in total. The van der Waals surface area contributed by atoms with Gasteiger partial charge in [0.1, 0.15) is 11.8 Å². The Bertz CT molecular complexity index is 1060. The zero-order valence-corrected chi connectivity index (χ0v) is 18.6. The maximum absolute atomic E-state index is 13.0. The van der Waals surface area contributed by atoms with Crippen LogP contribution < -0.4 is 15.6 Å². The number of methoxy groups -OCH3 is 1. The summed E-state index contributed by atoms with van der Waals surface area (Å²) in [6.45, 7) is 3.49. The van der Waals surface area contributed by atoms with Gasteiger partial charge in [-0.2, -0.15) is 4.98 Å². The molecule has 33 heavy (non-hydrogen) atoms. The number of benzene rings is 2. The summed E-state index contributed by atoms with van der Waals surface area (Å²) < 4.78 is 10.6. The fourth-order valence-corrected chi connectivity index (χ4v) is 4.34. The topological polar surface area (TPSA) is 95.8 Å². The van der Waals surface area contributed by atoms with Crippen LogP contribution in [0.4, 0.5) is 0 Å². The lowest BCUT2D eigenvalue weighted by Crippen LogP contribution is -2.53. The Hall–Kier alpha value is -3.27. The Morgan fingerprint density at radius 2 is 1.82 bits per heavy atom. The molecule has 2 N–H and O–H groups in total. The number of amides is 1. The molecule has 3 aromatic rings. The van der Waals surface area contributed by atoms with E-state index in [1.54, 1.807) is 7.11 Å². The van der Waals surface area contributed by atoms with Crippen molar-refractivity contribution in [1.82, 2.24) is 30.8 Å². The molecule has 172 valence electrons. The normalized spacial score (nSPS) is 21.3. The van der Waals surface area contributed by atoms with Crippen LogP contribution in [0.1, 0.15) is 23.9 Å². The van der Waals surface area contributed by atoms with E-state index < -0.39 is 0 Å². The quantitative estimate of drug-likeness (QED) is 0.591. The van der Waals surface area contributed by atoms with Crippen molar-refractivity contribution in [2.75, 3.05) is 33.3 Å². The highest BCUT2D eigenvalue weighted by molar-refractivity contribution is 5.82. The molecule has 0 saturated carbocycles. The molecule has 2 aliphatic heterocycles. The minimum atomic E-state index is -0.204. The number of carbonyl (C=O) groups is 1. The molecule has 0 spiro atoms. The van der Waals surface area contributed by atoms with Gasteiger partial charge >= 0.3 is 0 Å². The average Bonchev–Trinajstić information content (AvgIpc) is 3.55. The highest BCUT2D eigenvalue weighted by Gasteiger charge is 2.34. The molecule has 2 unspecified atom stereocenters. The lowest BCUT2D eigenvalue weighted by Gasteiger charge is -2.35. The van der Waals surface area contributed by atoms with Crippen LogP contribution in [0, 0.1) is 0 Å². The average molecular weight is 449 g/mol. The number of hydrogen-bond donors (Lipinski definition) is 2. The number of nitrogens with one attached hydrogen (secondary N) is 2. The summed E-state index contributed by atoms with van der Waals surface area (Å²) in [6.07, 6.45) is 0.749. The third-order valence-corrected chi connectivity index (χ3v) is 6.26. The summed E-state index contributed by atoms with van der Waals surface area (Å²) in [5, 5.41) is 4.10. The summed E-state index contributed by atoms with van der Waals surface area (Å²) in [7, 11) is 1.64. The number of piperazine rings is 1. The third-order valence-electron chi connectivity index (χ3n) is 6.26. The molecule has 2 aromatic carbocycles. The van der Waals surface area contributed by atoms with E-state index in [0.717, 1.165) is 30.8 Å². The first-order chi connectivity index (χ1) is 16.2. The highest BCUT2D eigenvalue weighted by atomic mass is 16.5. The summed E-state index contributed by atoms with van der Waals surface area (Å²) >= 11 is 0. The molecule has 3 heterocycles. The van der Waals surface area contributed by atoms with E-state index in [-0.39, 0.29) is 18.0 Å². The van der Waals surface area contributed by atoms with Gasteiger partial charge in [0.05, 0.1) is 13.7 Å². The van der Waals surface area contributed by atoms with Crippen LogP contribution in [0.15, 0.2) is 59.1 Å². The number of hydrogen-bond acceptors (Lipinski definition) is 8. The Kier molecular flexibility index (Phi) is 6.34. The summed E-state index contributed by atoms with van der Waals surface area (Å²) in [4.78, 5) is 21.7. The minimum absolute atomic E-state index is 0.152. The molecule has 0 aliphatic carbocycles. The van der Waals surface area contributed by atoms with Crippen LogP contribution in [0.3, 0.4) is 0 Å². The van der Waals surface area contributed by atoms with Gasteiger partial charge in [-0.25, -0.2) is 10.9 Å². The van der Waals surface area contributed by atoms with Gasteiger partial charge in [0, 0.05) is 37.8 Å². The molecule has 5 rings (SSSR count). The van der Waals surface area contributed by atoms with Crippen LogP contribution in [0.2, 0.25) is 0 Å². The Morgan fingerprint density at radius 1 is 1.06 bits per heavy atom. The first kappa shape index (κ1) is 21.6. The fraction of sp³-hybridized carbons (Fsp3) is 0.375. The van der Waals surface area contributed by atoms with Crippen molar-refractivity contribution in [2.45, 2.75) is 25.0 Å². The monoisotopic (exact) mass is 448 g/mol. The molecule has 2 fully saturated rings. The second kappa shape index (κ2) is 9.70. The van der Waals surface area contributed by atoms with E-state index in [1.807, 2.05) is 47.4 Å². The predicted molar refractivity (Wildman–Crippen MR) is 122 cm³/mol. The lowest BCUT2D eigenvalue weighted by molar-refractivity contribution is -0.135. The first-order valence-electron chi connectivity index (χ1n) is 11.2. The van der Waals surface area contributed by atoms with Gasteiger partial charge < -0.3 is 14.2 Å². The van der Waals surface area contributed by atoms with Crippen LogP contribution >= 0.6 is 0 Å². The molecular weight excluding hydrogens is 420 g/mol. The van der Waals surface area contributed by atoms with E-state index >= 15 is 0 Å². The number of carbonyl (C=O) groups excluding carboxylic acids is 1. The smallest absolute Gasteiger partial charge is 0.241 e. The number of aromatic nitrogens is 2. The largest absolute Gasteiger partial charge is 0.497 e. The molecular formula is C24H28N6O3. The molecule has 1 amide bonds. The van der Waals surface area contributed by atoms with Crippen molar-refractivity contribution >= 4 is 5.91 Å². The van der Waals surface area contributed by atoms with Gasteiger partial charge in [-0.3, -0.25) is 9.69 Å². The van der Waals surface area contributed by atoms with Crippen molar-refractivity contribution < 1.29 is 14.1 Å². The molecule has 0 bridgehead atoms. The molecule has 2 aliphatic rings. The summed E-state index contributed by atoms with van der Waals surface area (Å²) in [5.74, 6) is 2.08. The van der Waals surface area contributed by atoms with Gasteiger partial charge in [0.25, 0.3) is 0 Å². The van der Waals surface area contributed by atoms with E-state index in [9.17, 15) is 4.79 Å². The Labute approximate surface area is 192 Å². The van der Waals surface area contributed by atoms with Gasteiger partial charge in [-0.15, -0.1) is 0 Å². The van der Waals surface area contributed by atoms with Crippen LogP contribution in [-0.4, -0.2) is 65.2 Å². The zero-order valence-electron chi connectivity index (χ0n) is 18.6. The zero-order chi connectivity index (χ0) is 22.6. The molecule has 2 atom stereocenters. The molecule has 9 heteroatoms. The van der Waals surface area contributed by atoms with E-state index in [0.29, 0.717) is 31.3 Å². The SMILES string of the molecule is COc1ccc(-c2noc(CN3CCN(C(=O)C4CC(c5ccccc5)NN4)CC3)n2)cc1. The second-order valence-electron chi connectivity index (χ2n) is 8.38. The Balaban J connectivity index is 1.11. The number of rotatable bonds is 6. The molecule has 0 radical (unpaired) electrons. The standard InChI is InChI=1S/C24H28N6O3/c1-32-19-9-7-18(8-10-19)23-25-22(33-28-23)16-29-11-13-30(14-12-29)24(31)21-15-20(26-27-21)17-5-3-2-4-6-17/h2-10,20-21,26-27H,11-16H2,1H3. The molecule has 1 aromatic heterocycles. The van der Waals surface area contributed by atoms with Gasteiger partial charge in [-0.1, -0.05) is 35.5 Å². The fourth-order valence-electron chi connectivity index (χ4n) is 4.34. The number of nitrogens with zero attached hydrogens (tertiary/aromatic N) is 4. The van der Waals surface area contributed by atoms with Crippen molar-refractivity contribution in [3.8, 4) is 17.1 Å². The van der Waals surface area contributed by atoms with Gasteiger partial charge in [-0.05, 0) is 36.2 Å². The predicted octanol–water partition coefficient (Wildman–Crippen LogP) is 2.00. The first-order valence-corrected chi connectivity index (χ1v) is 11.2. The van der Waals surface area contributed by atoms with Gasteiger partial charge in [0.15, 0.2) is 0 Å². The van der Waals surface area contributed by atoms with Crippen molar-refractivity contribution in [1.29, 1.82) is 0 Å². The summed E-state index contributed by atoms with van der Waals surface area (Å²) in [5.41, 5.74) is 8.52. The maximum atomic E-state index is 13.0. The maximum Gasteiger partial charge on any atom is 0.241 e. The van der Waals surface area contributed by atoms with Crippen molar-refractivity contribution in [2.24, 2.45) is 0 Å². The van der Waals surface area contributed by atoms with Crippen LogP contribution in [0.5, 0.6) is 5.75 Å². The van der Waals surface area contributed by atoms with E-state index in [4.69, 9.17) is 9.26 Å². The van der Waals surface area contributed by atoms with E-state index in [1.165, 1.54) is 5.56 Å². The Morgan fingerprint density at radius 3 is 2.55 bits per heavy atom. The van der Waals surface area contributed by atoms with Crippen molar-refractivity contribution in [3.05, 3.63) is 66.1 Å². The van der Waals surface area contributed by atoms with Crippen molar-refractivity contribution in [3.63, 3.8) is 0 Å². The van der Waals surface area contributed by atoms with Gasteiger partial charge in [0.2, 0.25) is 17.6 Å². The van der Waals surface area contributed by atoms with E-state index in [2.05, 4.69) is 38.0 Å². The highest BCUT2D eigenvalue weighted by Crippen LogP contribution is 2.24. The second-order valence-corrected chi connectivity index (χ2v) is 8.38. The minimum Gasteiger partial charge on any atom is -0.497 e. The number of ether oxygens (including phenoxy) is 1. The molecule has 2 saturated heterocycles. The summed E-state index contributed by atoms with van der Waals surface area (Å²) in [6, 6.07) is 17.7. The lowest BCUT2D eigenvalue weighted by atomic mass is 10.0. The van der Waals surface area contributed by atoms with Crippen LogP contribution in [-0.2, 0) is 11.3 Å².